The zero-order valence-corrected chi connectivity index (χ0v) is 17.4. The molecule has 2 aromatic carbocycles. The van der Waals surface area contributed by atoms with E-state index in [1.165, 1.54) is 11.8 Å². The fraction of sp³-hybridized carbons (Fsp3) is 0.174. The minimum atomic E-state index is -0.271. The van der Waals surface area contributed by atoms with Crippen LogP contribution in [0.5, 0.6) is 0 Å². The summed E-state index contributed by atoms with van der Waals surface area (Å²) >= 11 is 0. The number of aryl methyl sites for hydroxylation is 2. The standard InChI is InChI=1S/C23H23N7O/c1-15-7-9-17(10-8-15)28-21-13-16(2)27-23(30-21)25-12-11-24-22(31)20-14-26-18-5-3-4-6-19(18)29-20/h3-10,13-14H,11-12H2,1-2H3,(H,24,31)(H2,25,27,28,30). The Labute approximate surface area is 180 Å². The predicted octanol–water partition coefficient (Wildman–Crippen LogP) is 3.62. The number of hydrogen-bond donors (Lipinski definition) is 3. The Morgan fingerprint density at radius 1 is 0.903 bits per heavy atom. The number of para-hydroxylation sites is 2. The van der Waals surface area contributed by atoms with Crippen molar-refractivity contribution in [3.05, 3.63) is 77.7 Å². The van der Waals surface area contributed by atoms with Gasteiger partial charge >= 0.3 is 0 Å². The van der Waals surface area contributed by atoms with Crippen LogP contribution in [0.3, 0.4) is 0 Å². The molecule has 0 aliphatic rings. The van der Waals surface area contributed by atoms with Gasteiger partial charge in [-0.1, -0.05) is 29.8 Å². The van der Waals surface area contributed by atoms with E-state index in [2.05, 4.69) is 35.9 Å². The van der Waals surface area contributed by atoms with Crippen molar-refractivity contribution >= 4 is 34.4 Å². The SMILES string of the molecule is Cc1ccc(Nc2cc(C)nc(NCCNC(=O)c3cnc4ccccc4n3)n2)cc1. The van der Waals surface area contributed by atoms with E-state index in [1.54, 1.807) is 0 Å². The van der Waals surface area contributed by atoms with Gasteiger partial charge in [-0.05, 0) is 38.1 Å². The van der Waals surface area contributed by atoms with Crippen LogP contribution >= 0.6 is 0 Å². The van der Waals surface area contributed by atoms with E-state index in [9.17, 15) is 4.79 Å². The van der Waals surface area contributed by atoms with Crippen molar-refractivity contribution in [1.29, 1.82) is 0 Å². The highest BCUT2D eigenvalue weighted by atomic mass is 16.1. The van der Waals surface area contributed by atoms with E-state index in [0.29, 0.717) is 30.4 Å². The molecule has 2 aromatic heterocycles. The number of aromatic nitrogens is 4. The van der Waals surface area contributed by atoms with Crippen LogP contribution in [0.4, 0.5) is 17.5 Å². The smallest absolute Gasteiger partial charge is 0.271 e. The largest absolute Gasteiger partial charge is 0.352 e. The molecule has 0 spiro atoms. The predicted molar refractivity (Wildman–Crippen MR) is 122 cm³/mol. The molecule has 0 unspecified atom stereocenters. The van der Waals surface area contributed by atoms with Gasteiger partial charge in [-0.25, -0.2) is 9.97 Å². The van der Waals surface area contributed by atoms with E-state index < -0.39 is 0 Å². The normalized spacial score (nSPS) is 10.6. The zero-order chi connectivity index (χ0) is 21.6. The lowest BCUT2D eigenvalue weighted by atomic mass is 10.2. The second-order valence-electron chi connectivity index (χ2n) is 7.14. The molecule has 31 heavy (non-hydrogen) atoms. The van der Waals surface area contributed by atoms with E-state index in [1.807, 2.05) is 68.4 Å². The number of nitrogens with one attached hydrogen (secondary N) is 3. The third kappa shape index (κ3) is 5.30. The first-order valence-electron chi connectivity index (χ1n) is 10.00. The molecule has 0 saturated heterocycles. The molecule has 156 valence electrons. The van der Waals surface area contributed by atoms with Gasteiger partial charge in [0.2, 0.25) is 5.95 Å². The van der Waals surface area contributed by atoms with Gasteiger partial charge in [-0.15, -0.1) is 0 Å². The van der Waals surface area contributed by atoms with Crippen LogP contribution < -0.4 is 16.0 Å². The maximum atomic E-state index is 12.4. The van der Waals surface area contributed by atoms with Crippen LogP contribution in [0.2, 0.25) is 0 Å². The maximum absolute atomic E-state index is 12.4. The summed E-state index contributed by atoms with van der Waals surface area (Å²) in [6.07, 6.45) is 1.48. The van der Waals surface area contributed by atoms with E-state index >= 15 is 0 Å². The number of carbonyl (C=O) groups excluding carboxylic acids is 1. The van der Waals surface area contributed by atoms with E-state index in [0.717, 1.165) is 16.9 Å². The molecule has 8 nitrogen and oxygen atoms in total. The average Bonchev–Trinajstić information content (AvgIpc) is 2.77. The minimum absolute atomic E-state index is 0.271. The number of anilines is 3. The Kier molecular flexibility index (Phi) is 5.98. The summed E-state index contributed by atoms with van der Waals surface area (Å²) in [7, 11) is 0. The van der Waals surface area contributed by atoms with Crippen LogP contribution in [-0.2, 0) is 0 Å². The zero-order valence-electron chi connectivity index (χ0n) is 17.4. The highest BCUT2D eigenvalue weighted by Gasteiger charge is 2.09. The first kappa shape index (κ1) is 20.2. The third-order valence-corrected chi connectivity index (χ3v) is 4.55. The molecule has 0 aliphatic carbocycles. The molecule has 0 bridgehead atoms. The molecule has 3 N–H and O–H groups in total. The minimum Gasteiger partial charge on any atom is -0.352 e. The summed E-state index contributed by atoms with van der Waals surface area (Å²) in [5, 5.41) is 9.26. The summed E-state index contributed by atoms with van der Waals surface area (Å²) in [4.78, 5) is 29.9. The molecule has 4 rings (SSSR count). The number of benzene rings is 2. The highest BCUT2D eigenvalue weighted by Crippen LogP contribution is 2.17. The van der Waals surface area contributed by atoms with Gasteiger partial charge in [0.25, 0.3) is 5.91 Å². The summed E-state index contributed by atoms with van der Waals surface area (Å²) in [6.45, 7) is 4.82. The topological polar surface area (TPSA) is 105 Å². The number of hydrogen-bond acceptors (Lipinski definition) is 7. The van der Waals surface area contributed by atoms with Crippen LogP contribution in [0.1, 0.15) is 21.7 Å². The molecule has 0 fully saturated rings. The molecule has 4 aromatic rings. The highest BCUT2D eigenvalue weighted by molar-refractivity contribution is 5.93. The van der Waals surface area contributed by atoms with Gasteiger partial charge in [0.15, 0.2) is 0 Å². The van der Waals surface area contributed by atoms with Crippen molar-refractivity contribution in [3.63, 3.8) is 0 Å². The Morgan fingerprint density at radius 3 is 2.48 bits per heavy atom. The van der Waals surface area contributed by atoms with Gasteiger partial charge < -0.3 is 16.0 Å². The number of carbonyl (C=O) groups is 1. The molecule has 0 radical (unpaired) electrons. The van der Waals surface area contributed by atoms with Gasteiger partial charge in [-0.2, -0.15) is 4.98 Å². The second kappa shape index (κ2) is 9.17. The van der Waals surface area contributed by atoms with Crippen molar-refractivity contribution in [3.8, 4) is 0 Å². The lowest BCUT2D eigenvalue weighted by Gasteiger charge is -2.11. The molecule has 8 heteroatoms. The Balaban J connectivity index is 1.32. The summed E-state index contributed by atoms with van der Waals surface area (Å²) < 4.78 is 0. The Bertz CT molecular complexity index is 1210. The second-order valence-corrected chi connectivity index (χ2v) is 7.14. The van der Waals surface area contributed by atoms with Crippen LogP contribution in [0.25, 0.3) is 11.0 Å². The third-order valence-electron chi connectivity index (χ3n) is 4.55. The van der Waals surface area contributed by atoms with E-state index in [-0.39, 0.29) is 11.6 Å². The van der Waals surface area contributed by atoms with Gasteiger partial charge in [-0.3, -0.25) is 9.78 Å². The molecular weight excluding hydrogens is 390 g/mol. The van der Waals surface area contributed by atoms with E-state index in [4.69, 9.17) is 0 Å². The van der Waals surface area contributed by atoms with Crippen molar-refractivity contribution in [2.45, 2.75) is 13.8 Å². The molecule has 2 heterocycles. The van der Waals surface area contributed by atoms with Crippen molar-refractivity contribution in [2.75, 3.05) is 23.7 Å². The Hall–Kier alpha value is -4.07. The number of amides is 1. The fourth-order valence-corrected chi connectivity index (χ4v) is 3.00. The molecule has 0 atom stereocenters. The first-order valence-corrected chi connectivity index (χ1v) is 10.00. The Morgan fingerprint density at radius 2 is 1.68 bits per heavy atom. The van der Waals surface area contributed by atoms with Crippen molar-refractivity contribution < 1.29 is 4.79 Å². The van der Waals surface area contributed by atoms with Gasteiger partial charge in [0.1, 0.15) is 11.5 Å². The monoisotopic (exact) mass is 413 g/mol. The number of fused-ring (bicyclic) bond motifs is 1. The first-order chi connectivity index (χ1) is 15.1. The maximum Gasteiger partial charge on any atom is 0.271 e. The van der Waals surface area contributed by atoms with Crippen LogP contribution in [0.15, 0.2) is 60.8 Å². The summed E-state index contributed by atoms with van der Waals surface area (Å²) in [5.41, 5.74) is 4.72. The number of rotatable bonds is 7. The average molecular weight is 413 g/mol. The molecule has 1 amide bonds. The van der Waals surface area contributed by atoms with Gasteiger partial charge in [0, 0.05) is 30.5 Å². The number of nitrogens with zero attached hydrogens (tertiary/aromatic N) is 4. The van der Waals surface area contributed by atoms with Crippen LogP contribution in [-0.4, -0.2) is 38.9 Å². The molecular formula is C23H23N7O. The van der Waals surface area contributed by atoms with Crippen LogP contribution in [0, 0.1) is 13.8 Å². The molecule has 0 aliphatic heterocycles. The lowest BCUT2D eigenvalue weighted by Crippen LogP contribution is -2.29. The quantitative estimate of drug-likeness (QED) is 0.397. The van der Waals surface area contributed by atoms with Crippen molar-refractivity contribution in [1.82, 2.24) is 25.3 Å². The summed E-state index contributed by atoms with van der Waals surface area (Å²) in [5.74, 6) is 0.927. The van der Waals surface area contributed by atoms with Gasteiger partial charge in [0.05, 0.1) is 17.2 Å². The lowest BCUT2D eigenvalue weighted by molar-refractivity contribution is 0.0950. The van der Waals surface area contributed by atoms with Crippen molar-refractivity contribution in [2.24, 2.45) is 0 Å². The summed E-state index contributed by atoms with van der Waals surface area (Å²) in [6, 6.07) is 17.4. The molecule has 0 saturated carbocycles. The fourth-order valence-electron chi connectivity index (χ4n) is 3.00.